The molecule has 5 nitrogen and oxygen atoms in total. The molecule has 0 saturated heterocycles. The molecule has 18 heavy (non-hydrogen) atoms. The number of carbonyl (C=O) groups is 1. The van der Waals surface area contributed by atoms with Gasteiger partial charge in [-0.3, -0.25) is 9.48 Å². The third-order valence-electron chi connectivity index (χ3n) is 2.07. The van der Waals surface area contributed by atoms with Gasteiger partial charge >= 0.3 is 6.18 Å². The lowest BCUT2D eigenvalue weighted by Gasteiger charge is -2.15. The van der Waals surface area contributed by atoms with Crippen LogP contribution in [0.1, 0.15) is 11.6 Å². The first-order valence-corrected chi connectivity index (χ1v) is 4.84. The number of alkyl halides is 3. The van der Waals surface area contributed by atoms with E-state index in [1.165, 1.54) is 17.9 Å². The molecule has 0 bridgehead atoms. The van der Waals surface area contributed by atoms with Crippen molar-refractivity contribution in [2.45, 2.75) is 12.2 Å². The fourth-order valence-corrected chi connectivity index (χ4v) is 1.33. The monoisotopic (exact) mass is 286 g/mol. The lowest BCUT2D eigenvalue weighted by Crippen LogP contribution is -2.40. The van der Waals surface area contributed by atoms with Crippen LogP contribution in [0.5, 0.6) is 0 Å². The van der Waals surface area contributed by atoms with Crippen molar-refractivity contribution in [3.05, 3.63) is 18.0 Å². The molecule has 0 aliphatic carbocycles. The van der Waals surface area contributed by atoms with Gasteiger partial charge in [0.05, 0.1) is 6.20 Å². The van der Waals surface area contributed by atoms with E-state index in [0.29, 0.717) is 5.56 Å². The maximum atomic E-state index is 11.9. The largest absolute Gasteiger partial charge is 0.405 e. The molecule has 0 radical (unpaired) electrons. The Morgan fingerprint density at radius 2 is 2.17 bits per heavy atom. The minimum atomic E-state index is -4.41. The van der Waals surface area contributed by atoms with Crippen LogP contribution in [-0.2, 0) is 11.8 Å². The molecule has 0 aliphatic rings. The Morgan fingerprint density at radius 3 is 2.56 bits per heavy atom. The molecule has 1 heterocycles. The first kappa shape index (κ1) is 16.7. The highest BCUT2D eigenvalue weighted by Gasteiger charge is 2.29. The van der Waals surface area contributed by atoms with Crippen LogP contribution in [-0.4, -0.2) is 35.5 Å². The summed E-state index contributed by atoms with van der Waals surface area (Å²) in [7, 11) is 3.15. The molecule has 1 aromatic heterocycles. The van der Waals surface area contributed by atoms with Crippen LogP contribution in [0.15, 0.2) is 12.4 Å². The molecule has 2 N–H and O–H groups in total. The molecule has 0 fully saturated rings. The zero-order valence-electron chi connectivity index (χ0n) is 9.78. The van der Waals surface area contributed by atoms with Gasteiger partial charge in [0.2, 0.25) is 5.91 Å². The number of nitrogens with one attached hydrogen (secondary N) is 2. The molecule has 104 valence electrons. The molecule has 1 atom stereocenters. The summed E-state index contributed by atoms with van der Waals surface area (Å²) in [5, 5.41) is 8.30. The number of likely N-dealkylation sites (N-methyl/N-ethyl adjacent to an activating group) is 1. The standard InChI is InChI=1S/C9H13F3N4O.ClH/c1-13-7(6-3-15-16(2)4-6)8(17)14-5-9(10,11)12;/h3-4,7,13H,5H2,1-2H3,(H,14,17);1H. The van der Waals surface area contributed by atoms with Crippen molar-refractivity contribution in [2.75, 3.05) is 13.6 Å². The van der Waals surface area contributed by atoms with E-state index in [1.807, 2.05) is 5.32 Å². The van der Waals surface area contributed by atoms with E-state index in [4.69, 9.17) is 0 Å². The number of rotatable bonds is 4. The van der Waals surface area contributed by atoms with Gasteiger partial charge in [-0.2, -0.15) is 18.3 Å². The number of amides is 1. The van der Waals surface area contributed by atoms with Crippen LogP contribution in [0, 0.1) is 0 Å². The third kappa shape index (κ3) is 4.92. The van der Waals surface area contributed by atoms with Gasteiger partial charge in [0.15, 0.2) is 0 Å². The van der Waals surface area contributed by atoms with Crippen molar-refractivity contribution >= 4 is 18.3 Å². The second kappa shape index (κ2) is 6.60. The number of nitrogens with zero attached hydrogens (tertiary/aromatic N) is 2. The summed E-state index contributed by atoms with van der Waals surface area (Å²) in [5.41, 5.74) is 0.509. The predicted molar refractivity (Wildman–Crippen MR) is 61.3 cm³/mol. The van der Waals surface area contributed by atoms with Crippen LogP contribution in [0.25, 0.3) is 0 Å². The fraction of sp³-hybridized carbons (Fsp3) is 0.556. The zero-order chi connectivity index (χ0) is 13.1. The minimum absolute atomic E-state index is 0. The van der Waals surface area contributed by atoms with Gasteiger partial charge in [-0.15, -0.1) is 12.4 Å². The highest BCUT2D eigenvalue weighted by Crippen LogP contribution is 2.15. The van der Waals surface area contributed by atoms with Crippen molar-refractivity contribution in [1.29, 1.82) is 0 Å². The Morgan fingerprint density at radius 1 is 1.56 bits per heavy atom. The van der Waals surface area contributed by atoms with E-state index in [9.17, 15) is 18.0 Å². The Bertz CT molecular complexity index is 393. The maximum Gasteiger partial charge on any atom is 0.405 e. The van der Waals surface area contributed by atoms with E-state index in [0.717, 1.165) is 0 Å². The van der Waals surface area contributed by atoms with Crippen LogP contribution < -0.4 is 10.6 Å². The lowest BCUT2D eigenvalue weighted by molar-refractivity contribution is -0.139. The van der Waals surface area contributed by atoms with Gasteiger partial charge in [-0.25, -0.2) is 0 Å². The molecule has 1 aromatic rings. The molecular weight excluding hydrogens is 273 g/mol. The molecule has 0 spiro atoms. The Labute approximate surface area is 108 Å². The highest BCUT2D eigenvalue weighted by atomic mass is 35.5. The number of hydrogen-bond acceptors (Lipinski definition) is 3. The molecule has 0 aromatic carbocycles. The van der Waals surface area contributed by atoms with Crippen molar-refractivity contribution in [2.24, 2.45) is 7.05 Å². The average molecular weight is 287 g/mol. The Balaban J connectivity index is 0.00000289. The van der Waals surface area contributed by atoms with E-state index >= 15 is 0 Å². The Hall–Kier alpha value is -1.28. The summed E-state index contributed by atoms with van der Waals surface area (Å²) in [6.45, 7) is -1.34. The Kier molecular flexibility index (Phi) is 6.13. The maximum absolute atomic E-state index is 11.9. The van der Waals surface area contributed by atoms with Gasteiger partial charge in [0.1, 0.15) is 12.6 Å². The second-order valence-corrected chi connectivity index (χ2v) is 3.50. The van der Waals surface area contributed by atoms with E-state index in [2.05, 4.69) is 10.4 Å². The van der Waals surface area contributed by atoms with Crippen LogP contribution >= 0.6 is 12.4 Å². The van der Waals surface area contributed by atoms with E-state index < -0.39 is 24.7 Å². The molecule has 0 aliphatic heterocycles. The predicted octanol–water partition coefficient (Wildman–Crippen LogP) is 0.781. The summed E-state index contributed by atoms with van der Waals surface area (Å²) in [6, 6.07) is -0.842. The van der Waals surface area contributed by atoms with Crippen molar-refractivity contribution in [3.63, 3.8) is 0 Å². The number of aryl methyl sites for hydroxylation is 1. The summed E-state index contributed by atoms with van der Waals surface area (Å²) in [4.78, 5) is 11.5. The second-order valence-electron chi connectivity index (χ2n) is 3.50. The van der Waals surface area contributed by atoms with Crippen molar-refractivity contribution < 1.29 is 18.0 Å². The SMILES string of the molecule is CNC(C(=O)NCC(F)(F)F)c1cnn(C)c1.Cl. The molecular formula is C9H14ClF3N4O. The number of hydrogen-bond donors (Lipinski definition) is 2. The van der Waals surface area contributed by atoms with Crippen LogP contribution in [0.2, 0.25) is 0 Å². The fourth-order valence-electron chi connectivity index (χ4n) is 1.33. The lowest BCUT2D eigenvalue weighted by atomic mass is 10.1. The number of carbonyl (C=O) groups excluding carboxylic acids is 1. The summed E-state index contributed by atoms with van der Waals surface area (Å²) >= 11 is 0. The molecule has 1 rings (SSSR count). The zero-order valence-corrected chi connectivity index (χ0v) is 10.6. The van der Waals surface area contributed by atoms with Gasteiger partial charge in [0, 0.05) is 18.8 Å². The molecule has 9 heteroatoms. The van der Waals surface area contributed by atoms with Crippen LogP contribution in [0.3, 0.4) is 0 Å². The molecule has 0 saturated carbocycles. The van der Waals surface area contributed by atoms with E-state index in [-0.39, 0.29) is 12.4 Å². The third-order valence-corrected chi connectivity index (χ3v) is 2.07. The van der Waals surface area contributed by atoms with Gasteiger partial charge in [-0.1, -0.05) is 0 Å². The van der Waals surface area contributed by atoms with Crippen molar-refractivity contribution in [1.82, 2.24) is 20.4 Å². The minimum Gasteiger partial charge on any atom is -0.345 e. The van der Waals surface area contributed by atoms with Gasteiger partial charge < -0.3 is 10.6 Å². The average Bonchev–Trinajstić information content (AvgIpc) is 2.62. The molecule has 1 amide bonds. The normalized spacial score (nSPS) is 12.7. The van der Waals surface area contributed by atoms with Crippen molar-refractivity contribution in [3.8, 4) is 0 Å². The summed E-state index contributed by atoms with van der Waals surface area (Å²) in [5.74, 6) is -0.738. The highest BCUT2D eigenvalue weighted by molar-refractivity contribution is 5.85. The quantitative estimate of drug-likeness (QED) is 0.860. The smallest absolute Gasteiger partial charge is 0.345 e. The molecule has 1 unspecified atom stereocenters. The number of aromatic nitrogens is 2. The van der Waals surface area contributed by atoms with Gasteiger partial charge in [0.25, 0.3) is 0 Å². The van der Waals surface area contributed by atoms with Crippen LogP contribution in [0.4, 0.5) is 13.2 Å². The van der Waals surface area contributed by atoms with E-state index in [1.54, 1.807) is 13.2 Å². The summed E-state index contributed by atoms with van der Waals surface area (Å²) < 4.78 is 37.3. The van der Waals surface area contributed by atoms with Gasteiger partial charge in [-0.05, 0) is 7.05 Å². The number of halogens is 4. The topological polar surface area (TPSA) is 59.0 Å². The summed E-state index contributed by atoms with van der Waals surface area (Å²) in [6.07, 6.45) is -1.43. The first-order chi connectivity index (χ1) is 7.83. The first-order valence-electron chi connectivity index (χ1n) is 4.84.